The third kappa shape index (κ3) is 3.42. The number of hydrogen-bond acceptors (Lipinski definition) is 5. The van der Waals surface area contributed by atoms with Gasteiger partial charge in [-0.3, -0.25) is 4.99 Å². The maximum atomic E-state index is 5.54. The van der Waals surface area contributed by atoms with E-state index in [1.54, 1.807) is 11.8 Å². The molecule has 0 bridgehead atoms. The number of ether oxygens (including phenoxy) is 2. The van der Waals surface area contributed by atoms with Crippen molar-refractivity contribution in [2.75, 3.05) is 13.3 Å². The zero-order chi connectivity index (χ0) is 20.0. The van der Waals surface area contributed by atoms with Gasteiger partial charge < -0.3 is 14.4 Å². The zero-order valence-electron chi connectivity index (χ0n) is 16.9. The van der Waals surface area contributed by atoms with Gasteiger partial charge in [-0.15, -0.1) is 0 Å². The summed E-state index contributed by atoms with van der Waals surface area (Å²) in [5, 5.41) is 3.30. The number of fused-ring (bicyclic) bond motifs is 3. The minimum atomic E-state index is 0.297. The summed E-state index contributed by atoms with van der Waals surface area (Å²) in [6, 6.07) is 12.9. The minimum absolute atomic E-state index is 0.297. The lowest BCUT2D eigenvalue weighted by Crippen LogP contribution is -2.31. The number of pyridine rings is 1. The summed E-state index contributed by atoms with van der Waals surface area (Å²) < 4.78 is 11.0. The van der Waals surface area contributed by atoms with E-state index < -0.39 is 0 Å². The van der Waals surface area contributed by atoms with Crippen LogP contribution in [0.1, 0.15) is 29.2 Å². The Morgan fingerprint density at radius 2 is 1.97 bits per heavy atom. The van der Waals surface area contributed by atoms with Gasteiger partial charge in [0, 0.05) is 30.6 Å². The first-order valence-corrected chi connectivity index (χ1v) is 10.7. The van der Waals surface area contributed by atoms with E-state index in [1.807, 2.05) is 6.07 Å². The van der Waals surface area contributed by atoms with Crippen molar-refractivity contribution in [1.82, 2.24) is 9.88 Å². The molecule has 0 saturated carbocycles. The summed E-state index contributed by atoms with van der Waals surface area (Å²) in [4.78, 5) is 12.1. The Morgan fingerprint density at radius 1 is 1.10 bits per heavy atom. The van der Waals surface area contributed by atoms with Gasteiger partial charge in [0.15, 0.2) is 16.7 Å². The molecule has 2 aliphatic rings. The standard InChI is InChI=1S/C23H23N3O2S/c1-4-24-23-26(11-16-5-6-19-20(9-16)28-13-27-19)12-18-10-17-8-14(2)7-15(3)21(17)25-22(18)29-23/h5-10H,4,11-13H2,1-3H3. The lowest BCUT2D eigenvalue weighted by atomic mass is 10.1. The molecule has 0 radical (unpaired) electrons. The van der Waals surface area contributed by atoms with Crippen LogP contribution in [0.5, 0.6) is 11.5 Å². The van der Waals surface area contributed by atoms with Crippen LogP contribution in [0.15, 0.2) is 46.4 Å². The Morgan fingerprint density at radius 3 is 2.83 bits per heavy atom. The van der Waals surface area contributed by atoms with Crippen LogP contribution in [0.2, 0.25) is 0 Å². The second kappa shape index (κ2) is 7.26. The van der Waals surface area contributed by atoms with Crippen molar-refractivity contribution in [1.29, 1.82) is 0 Å². The summed E-state index contributed by atoms with van der Waals surface area (Å²) in [6.45, 7) is 8.96. The molecule has 0 saturated heterocycles. The van der Waals surface area contributed by atoms with Crippen LogP contribution >= 0.6 is 11.8 Å². The summed E-state index contributed by atoms with van der Waals surface area (Å²) in [7, 11) is 0. The van der Waals surface area contributed by atoms with E-state index in [-0.39, 0.29) is 0 Å². The van der Waals surface area contributed by atoms with Crippen LogP contribution in [0, 0.1) is 13.8 Å². The van der Waals surface area contributed by atoms with E-state index in [0.29, 0.717) is 6.79 Å². The Balaban J connectivity index is 1.50. The zero-order valence-corrected chi connectivity index (χ0v) is 17.7. The van der Waals surface area contributed by atoms with Crippen LogP contribution in [0.4, 0.5) is 0 Å². The van der Waals surface area contributed by atoms with E-state index >= 15 is 0 Å². The van der Waals surface area contributed by atoms with Gasteiger partial charge in [0.25, 0.3) is 0 Å². The van der Waals surface area contributed by atoms with Crippen LogP contribution in [0.3, 0.4) is 0 Å². The quantitative estimate of drug-likeness (QED) is 0.609. The van der Waals surface area contributed by atoms with Crippen LogP contribution in [-0.4, -0.2) is 28.4 Å². The predicted molar refractivity (Wildman–Crippen MR) is 117 cm³/mol. The fraction of sp³-hybridized carbons (Fsp3) is 0.304. The largest absolute Gasteiger partial charge is 0.454 e. The first-order chi connectivity index (χ1) is 14.1. The summed E-state index contributed by atoms with van der Waals surface area (Å²) in [6.07, 6.45) is 0. The van der Waals surface area contributed by atoms with Crippen molar-refractivity contribution >= 4 is 27.8 Å². The van der Waals surface area contributed by atoms with Crippen molar-refractivity contribution in [3.63, 3.8) is 0 Å². The molecule has 1 aromatic heterocycles. The van der Waals surface area contributed by atoms with Gasteiger partial charge in [-0.25, -0.2) is 4.98 Å². The normalized spacial score (nSPS) is 16.5. The van der Waals surface area contributed by atoms with Crippen molar-refractivity contribution in [2.24, 2.45) is 4.99 Å². The molecule has 3 aromatic rings. The molecule has 0 unspecified atom stereocenters. The molecule has 6 heteroatoms. The van der Waals surface area contributed by atoms with Gasteiger partial charge in [-0.05, 0) is 67.9 Å². The average Bonchev–Trinajstić information content (AvgIpc) is 3.15. The van der Waals surface area contributed by atoms with E-state index in [4.69, 9.17) is 19.5 Å². The second-order valence-corrected chi connectivity index (χ2v) is 8.46. The average molecular weight is 406 g/mol. The summed E-state index contributed by atoms with van der Waals surface area (Å²) in [5.41, 5.74) is 6.01. The fourth-order valence-electron chi connectivity index (χ4n) is 3.96. The number of nitrogens with zero attached hydrogens (tertiary/aromatic N) is 3. The van der Waals surface area contributed by atoms with Crippen molar-refractivity contribution in [3.8, 4) is 11.5 Å². The predicted octanol–water partition coefficient (Wildman–Crippen LogP) is 5.06. The van der Waals surface area contributed by atoms with Gasteiger partial charge in [0.05, 0.1) is 5.52 Å². The van der Waals surface area contributed by atoms with Crippen LogP contribution in [-0.2, 0) is 13.1 Å². The molecular formula is C23H23N3O2S. The number of aryl methyl sites for hydroxylation is 2. The Bertz CT molecular complexity index is 1140. The SMILES string of the molecule is CCN=C1Sc2nc3c(C)cc(C)cc3cc2CN1Cc1ccc2c(c1)OCO2. The Hall–Kier alpha value is -2.73. The highest BCUT2D eigenvalue weighted by Crippen LogP contribution is 2.37. The highest BCUT2D eigenvalue weighted by atomic mass is 32.2. The number of aromatic nitrogens is 1. The first kappa shape index (κ1) is 18.3. The van der Waals surface area contributed by atoms with Gasteiger partial charge in [-0.2, -0.15) is 0 Å². The molecule has 5 nitrogen and oxygen atoms in total. The molecule has 2 aromatic carbocycles. The van der Waals surface area contributed by atoms with Gasteiger partial charge in [-0.1, -0.05) is 17.7 Å². The molecule has 148 valence electrons. The number of benzene rings is 2. The maximum absolute atomic E-state index is 5.54. The first-order valence-electron chi connectivity index (χ1n) is 9.87. The van der Waals surface area contributed by atoms with E-state index in [0.717, 1.165) is 46.8 Å². The van der Waals surface area contributed by atoms with Gasteiger partial charge >= 0.3 is 0 Å². The highest BCUT2D eigenvalue weighted by Gasteiger charge is 2.25. The number of aliphatic imine (C=N–C) groups is 1. The molecule has 29 heavy (non-hydrogen) atoms. The summed E-state index contributed by atoms with van der Waals surface area (Å²) >= 11 is 1.67. The number of rotatable bonds is 3. The fourth-order valence-corrected chi connectivity index (χ4v) is 4.97. The number of amidine groups is 1. The number of hydrogen-bond donors (Lipinski definition) is 0. The topological polar surface area (TPSA) is 47.0 Å². The molecule has 0 amide bonds. The number of thioether (sulfide) groups is 1. The lowest BCUT2D eigenvalue weighted by Gasteiger charge is -2.31. The third-order valence-corrected chi connectivity index (χ3v) is 6.33. The van der Waals surface area contributed by atoms with E-state index in [9.17, 15) is 0 Å². The molecule has 2 aliphatic heterocycles. The highest BCUT2D eigenvalue weighted by molar-refractivity contribution is 8.13. The Labute approximate surface area is 174 Å². The molecule has 0 spiro atoms. The molecule has 0 fully saturated rings. The monoisotopic (exact) mass is 405 g/mol. The third-order valence-electron chi connectivity index (χ3n) is 5.22. The van der Waals surface area contributed by atoms with Crippen LogP contribution < -0.4 is 9.47 Å². The maximum Gasteiger partial charge on any atom is 0.231 e. The van der Waals surface area contributed by atoms with Gasteiger partial charge in [0.2, 0.25) is 6.79 Å². The van der Waals surface area contributed by atoms with E-state index in [1.165, 1.54) is 27.6 Å². The minimum Gasteiger partial charge on any atom is -0.454 e. The lowest BCUT2D eigenvalue weighted by molar-refractivity contribution is 0.174. The second-order valence-electron chi connectivity index (χ2n) is 7.51. The smallest absolute Gasteiger partial charge is 0.231 e. The van der Waals surface area contributed by atoms with Crippen molar-refractivity contribution in [3.05, 3.63) is 58.7 Å². The summed E-state index contributed by atoms with van der Waals surface area (Å²) in [5.74, 6) is 1.64. The molecule has 3 heterocycles. The molecule has 0 N–H and O–H groups in total. The van der Waals surface area contributed by atoms with Gasteiger partial charge in [0.1, 0.15) is 5.03 Å². The van der Waals surface area contributed by atoms with Crippen LogP contribution in [0.25, 0.3) is 10.9 Å². The molecule has 5 rings (SSSR count). The van der Waals surface area contributed by atoms with Crippen molar-refractivity contribution in [2.45, 2.75) is 38.9 Å². The van der Waals surface area contributed by atoms with Crippen molar-refractivity contribution < 1.29 is 9.47 Å². The molecular weight excluding hydrogens is 382 g/mol. The molecule has 0 aliphatic carbocycles. The molecule has 0 atom stereocenters. The van der Waals surface area contributed by atoms with E-state index in [2.05, 4.69) is 56.0 Å². The Kier molecular flexibility index (Phi) is 4.59.